The van der Waals surface area contributed by atoms with Gasteiger partial charge in [0.2, 0.25) is 0 Å². The van der Waals surface area contributed by atoms with Gasteiger partial charge in [-0.3, -0.25) is 4.79 Å². The highest BCUT2D eigenvalue weighted by molar-refractivity contribution is 7.16. The zero-order valence-electron chi connectivity index (χ0n) is 10.7. The van der Waals surface area contributed by atoms with E-state index in [1.165, 1.54) is 25.3 Å². The van der Waals surface area contributed by atoms with Crippen molar-refractivity contribution < 1.29 is 22.4 Å². The van der Waals surface area contributed by atoms with Crippen LogP contribution in [0.15, 0.2) is 22.8 Å². The lowest BCUT2D eigenvalue weighted by atomic mass is 10.1. The SMILES string of the molecule is CCc1c(C(F)(F)F)sc(NC(=O)c2ccco2)c1C#N. The number of alkyl halides is 3. The third-order valence-electron chi connectivity index (χ3n) is 2.70. The Kier molecular flexibility index (Phi) is 4.04. The Hall–Kier alpha value is -2.27. The number of carbonyl (C=O) groups is 1. The zero-order chi connectivity index (χ0) is 15.6. The number of thiophene rings is 1. The van der Waals surface area contributed by atoms with E-state index in [1.54, 1.807) is 6.07 Å². The Bertz CT molecular complexity index is 696. The third-order valence-corrected chi connectivity index (χ3v) is 3.89. The largest absolute Gasteiger partial charge is 0.459 e. The molecule has 2 heterocycles. The lowest BCUT2D eigenvalue weighted by Gasteiger charge is -2.05. The zero-order valence-corrected chi connectivity index (χ0v) is 11.6. The molecule has 2 rings (SSSR count). The Morgan fingerprint density at radius 2 is 2.24 bits per heavy atom. The second-order valence-electron chi connectivity index (χ2n) is 4.01. The molecule has 1 N–H and O–H groups in total. The summed E-state index contributed by atoms with van der Waals surface area (Å²) in [6.45, 7) is 1.52. The normalized spacial score (nSPS) is 11.2. The Morgan fingerprint density at radius 3 is 2.71 bits per heavy atom. The van der Waals surface area contributed by atoms with E-state index in [1.807, 2.05) is 0 Å². The number of rotatable bonds is 3. The first-order valence-electron chi connectivity index (χ1n) is 5.86. The summed E-state index contributed by atoms with van der Waals surface area (Å²) in [4.78, 5) is 10.9. The Balaban J connectivity index is 2.43. The van der Waals surface area contributed by atoms with Crippen LogP contribution in [0.2, 0.25) is 0 Å². The van der Waals surface area contributed by atoms with Gasteiger partial charge in [0, 0.05) is 0 Å². The topological polar surface area (TPSA) is 66.0 Å². The number of anilines is 1. The minimum atomic E-state index is -4.56. The van der Waals surface area contributed by atoms with Crippen LogP contribution in [0, 0.1) is 11.3 Å². The van der Waals surface area contributed by atoms with Gasteiger partial charge < -0.3 is 9.73 Å². The fraction of sp³-hybridized carbons (Fsp3) is 0.231. The molecule has 0 atom stereocenters. The third kappa shape index (κ3) is 2.92. The van der Waals surface area contributed by atoms with Gasteiger partial charge in [0.1, 0.15) is 15.9 Å². The molecule has 0 unspecified atom stereocenters. The molecule has 4 nitrogen and oxygen atoms in total. The van der Waals surface area contributed by atoms with E-state index in [9.17, 15) is 18.0 Å². The first kappa shape index (κ1) is 15.1. The average molecular weight is 314 g/mol. The first-order valence-corrected chi connectivity index (χ1v) is 6.68. The van der Waals surface area contributed by atoms with Crippen LogP contribution in [0.3, 0.4) is 0 Å². The van der Waals surface area contributed by atoms with E-state index >= 15 is 0 Å². The van der Waals surface area contributed by atoms with Gasteiger partial charge in [-0.05, 0) is 24.1 Å². The van der Waals surface area contributed by atoms with Gasteiger partial charge in [-0.1, -0.05) is 6.92 Å². The van der Waals surface area contributed by atoms with Crippen molar-refractivity contribution in [1.82, 2.24) is 0 Å². The molecule has 8 heteroatoms. The van der Waals surface area contributed by atoms with Crippen LogP contribution in [0.4, 0.5) is 18.2 Å². The van der Waals surface area contributed by atoms with Gasteiger partial charge in [0.25, 0.3) is 5.91 Å². The van der Waals surface area contributed by atoms with Crippen molar-refractivity contribution in [2.75, 3.05) is 5.32 Å². The molecule has 0 fully saturated rings. The molecule has 0 aliphatic rings. The number of furan rings is 1. The summed E-state index contributed by atoms with van der Waals surface area (Å²) in [5, 5.41) is 11.2. The molecule has 0 saturated carbocycles. The molecule has 0 bridgehead atoms. The van der Waals surface area contributed by atoms with Gasteiger partial charge in [-0.25, -0.2) is 0 Å². The maximum atomic E-state index is 12.9. The average Bonchev–Trinajstić information content (AvgIpc) is 3.04. The monoisotopic (exact) mass is 314 g/mol. The number of hydrogen-bond donors (Lipinski definition) is 1. The summed E-state index contributed by atoms with van der Waals surface area (Å²) in [5.74, 6) is -0.743. The molecule has 0 spiro atoms. The summed E-state index contributed by atoms with van der Waals surface area (Å²) in [6.07, 6.45) is -3.24. The van der Waals surface area contributed by atoms with Crippen molar-refractivity contribution in [1.29, 1.82) is 5.26 Å². The molecule has 0 aliphatic carbocycles. The summed E-state index contributed by atoms with van der Waals surface area (Å²) >= 11 is 0.347. The van der Waals surface area contributed by atoms with Crippen LogP contribution in [0.1, 0.15) is 33.5 Å². The number of amides is 1. The number of halogens is 3. The van der Waals surface area contributed by atoms with Gasteiger partial charge >= 0.3 is 6.18 Å². The highest BCUT2D eigenvalue weighted by atomic mass is 32.1. The fourth-order valence-electron chi connectivity index (χ4n) is 1.81. The van der Waals surface area contributed by atoms with Crippen LogP contribution in [-0.4, -0.2) is 5.91 Å². The lowest BCUT2D eigenvalue weighted by Crippen LogP contribution is -2.10. The predicted molar refractivity (Wildman–Crippen MR) is 70.1 cm³/mol. The minimum Gasteiger partial charge on any atom is -0.459 e. The van der Waals surface area contributed by atoms with Crippen LogP contribution in [0.25, 0.3) is 0 Å². The highest BCUT2D eigenvalue weighted by Crippen LogP contribution is 2.43. The first-order chi connectivity index (χ1) is 9.88. The van der Waals surface area contributed by atoms with E-state index < -0.39 is 17.0 Å². The minimum absolute atomic E-state index is 0.0427. The van der Waals surface area contributed by atoms with Crippen molar-refractivity contribution in [2.24, 2.45) is 0 Å². The molecule has 0 aromatic carbocycles. The van der Waals surface area contributed by atoms with Gasteiger partial charge in [-0.2, -0.15) is 18.4 Å². The van der Waals surface area contributed by atoms with Crippen LogP contribution < -0.4 is 5.32 Å². The Morgan fingerprint density at radius 1 is 1.52 bits per heavy atom. The van der Waals surface area contributed by atoms with E-state index in [2.05, 4.69) is 5.32 Å². The van der Waals surface area contributed by atoms with Crippen molar-refractivity contribution in [3.8, 4) is 6.07 Å². The summed E-state index contributed by atoms with van der Waals surface area (Å²) in [6, 6.07) is 4.58. The molecular formula is C13H9F3N2O2S. The second-order valence-corrected chi connectivity index (χ2v) is 5.03. The van der Waals surface area contributed by atoms with Crippen molar-refractivity contribution in [3.05, 3.63) is 40.2 Å². The maximum absolute atomic E-state index is 12.9. The van der Waals surface area contributed by atoms with Crippen LogP contribution >= 0.6 is 11.3 Å². The fourth-order valence-corrected chi connectivity index (χ4v) is 2.91. The van der Waals surface area contributed by atoms with E-state index in [0.29, 0.717) is 11.3 Å². The molecule has 0 radical (unpaired) electrons. The molecule has 0 saturated heterocycles. The van der Waals surface area contributed by atoms with Gasteiger partial charge in [0.15, 0.2) is 5.76 Å². The number of carbonyl (C=O) groups excluding carboxylic acids is 1. The second kappa shape index (κ2) is 5.61. The standard InChI is InChI=1S/C13H9F3N2O2S/c1-2-7-8(6-17)12(21-10(7)13(14,15)16)18-11(19)9-4-3-5-20-9/h3-5H,2H2,1H3,(H,18,19). The number of nitriles is 1. The molecule has 21 heavy (non-hydrogen) atoms. The van der Waals surface area contributed by atoms with E-state index in [0.717, 1.165) is 0 Å². The molecule has 1 amide bonds. The molecule has 110 valence electrons. The molecule has 2 aromatic rings. The molecule has 0 aliphatic heterocycles. The molecular weight excluding hydrogens is 305 g/mol. The molecule has 2 aromatic heterocycles. The number of nitrogens with zero attached hydrogens (tertiary/aromatic N) is 1. The van der Waals surface area contributed by atoms with Crippen molar-refractivity contribution in [3.63, 3.8) is 0 Å². The lowest BCUT2D eigenvalue weighted by molar-refractivity contribution is -0.134. The summed E-state index contributed by atoms with van der Waals surface area (Å²) in [7, 11) is 0. The van der Waals surface area contributed by atoms with Gasteiger partial charge in [0.05, 0.1) is 11.8 Å². The quantitative estimate of drug-likeness (QED) is 0.929. The highest BCUT2D eigenvalue weighted by Gasteiger charge is 2.38. The Labute approximate surface area is 121 Å². The van der Waals surface area contributed by atoms with Crippen molar-refractivity contribution in [2.45, 2.75) is 19.5 Å². The maximum Gasteiger partial charge on any atom is 0.425 e. The van der Waals surface area contributed by atoms with E-state index in [-0.39, 0.29) is 28.3 Å². The summed E-state index contributed by atoms with van der Waals surface area (Å²) in [5.41, 5.74) is -0.264. The van der Waals surface area contributed by atoms with Crippen molar-refractivity contribution >= 4 is 22.2 Å². The number of nitrogens with one attached hydrogen (secondary N) is 1. The van der Waals surface area contributed by atoms with E-state index in [4.69, 9.17) is 9.68 Å². The summed E-state index contributed by atoms with van der Waals surface area (Å²) < 4.78 is 43.7. The van der Waals surface area contributed by atoms with Gasteiger partial charge in [-0.15, -0.1) is 11.3 Å². The predicted octanol–water partition coefficient (Wildman–Crippen LogP) is 4.05. The number of hydrogen-bond acceptors (Lipinski definition) is 4. The van der Waals surface area contributed by atoms with Crippen LogP contribution in [-0.2, 0) is 12.6 Å². The smallest absolute Gasteiger partial charge is 0.425 e. The van der Waals surface area contributed by atoms with Crippen LogP contribution in [0.5, 0.6) is 0 Å².